The van der Waals surface area contributed by atoms with Crippen LogP contribution in [0.3, 0.4) is 0 Å². The molecule has 0 saturated carbocycles. The zero-order chi connectivity index (χ0) is 7.98. The maximum Gasteiger partial charge on any atom is 0.232 e. The molecule has 0 saturated heterocycles. The molecule has 0 unspecified atom stereocenters. The summed E-state index contributed by atoms with van der Waals surface area (Å²) in [5, 5.41) is 8.18. The van der Waals surface area contributed by atoms with Gasteiger partial charge in [-0.05, 0) is 5.92 Å². The van der Waals surface area contributed by atoms with Crippen molar-refractivity contribution in [1.82, 2.24) is 0 Å². The lowest BCUT2D eigenvalue weighted by molar-refractivity contribution is -0.114. The minimum absolute atomic E-state index is 0.284. The van der Waals surface area contributed by atoms with E-state index >= 15 is 0 Å². The van der Waals surface area contributed by atoms with E-state index < -0.39 is 0 Å². The van der Waals surface area contributed by atoms with Gasteiger partial charge in [0.1, 0.15) is 6.07 Å². The molecule has 0 heterocycles. The van der Waals surface area contributed by atoms with Crippen LogP contribution in [-0.2, 0) is 4.79 Å². The summed E-state index contributed by atoms with van der Waals surface area (Å²) in [7, 11) is 0. The molecule has 0 N–H and O–H groups in total. The third-order valence-electron chi connectivity index (χ3n) is 1.75. The third kappa shape index (κ3) is 3.24. The first-order chi connectivity index (χ1) is 4.74. The van der Waals surface area contributed by atoms with E-state index in [0.29, 0.717) is 12.3 Å². The minimum Gasteiger partial charge on any atom is -0.283 e. The SMILES string of the molecule is CCC(CC)CC(=O)C#N. The average Bonchev–Trinajstić information content (AvgIpc) is 1.99. The second-order valence-electron chi connectivity index (χ2n) is 2.42. The van der Waals surface area contributed by atoms with Crippen LogP contribution in [0, 0.1) is 17.2 Å². The zero-order valence-electron chi connectivity index (χ0n) is 6.55. The molecule has 56 valence electrons. The predicted octanol–water partition coefficient (Wildman–Crippen LogP) is 1.91. The van der Waals surface area contributed by atoms with Gasteiger partial charge in [-0.1, -0.05) is 26.7 Å². The molecule has 0 atom stereocenters. The summed E-state index contributed by atoms with van der Waals surface area (Å²) in [6.07, 6.45) is 2.41. The van der Waals surface area contributed by atoms with Crippen molar-refractivity contribution in [2.45, 2.75) is 33.1 Å². The highest BCUT2D eigenvalue weighted by Crippen LogP contribution is 2.11. The van der Waals surface area contributed by atoms with Gasteiger partial charge in [0.15, 0.2) is 0 Å². The minimum atomic E-state index is -0.284. The Kier molecular flexibility index (Phi) is 4.57. The smallest absolute Gasteiger partial charge is 0.232 e. The van der Waals surface area contributed by atoms with Crippen molar-refractivity contribution in [3.8, 4) is 6.07 Å². The summed E-state index contributed by atoms with van der Waals surface area (Å²) in [5.74, 6) is 0.126. The van der Waals surface area contributed by atoms with E-state index in [1.54, 1.807) is 6.07 Å². The predicted molar refractivity (Wildman–Crippen MR) is 39.3 cm³/mol. The van der Waals surface area contributed by atoms with Crippen LogP contribution in [0.15, 0.2) is 0 Å². The molecule has 0 aromatic rings. The summed E-state index contributed by atoms with van der Waals surface area (Å²) in [6, 6.07) is 1.63. The first-order valence-corrected chi connectivity index (χ1v) is 3.67. The van der Waals surface area contributed by atoms with Crippen LogP contribution in [0.4, 0.5) is 0 Å². The maximum atomic E-state index is 10.6. The number of rotatable bonds is 4. The molecule has 0 aromatic carbocycles. The molecule has 0 amide bonds. The fourth-order valence-electron chi connectivity index (χ4n) is 0.885. The lowest BCUT2D eigenvalue weighted by atomic mass is 9.97. The van der Waals surface area contributed by atoms with Gasteiger partial charge in [-0.15, -0.1) is 0 Å². The molecule has 0 spiro atoms. The largest absolute Gasteiger partial charge is 0.283 e. The highest BCUT2D eigenvalue weighted by Gasteiger charge is 2.08. The Bertz CT molecular complexity index is 142. The van der Waals surface area contributed by atoms with Crippen molar-refractivity contribution in [3.63, 3.8) is 0 Å². The van der Waals surface area contributed by atoms with Gasteiger partial charge in [-0.25, -0.2) is 0 Å². The molecule has 0 radical (unpaired) electrons. The van der Waals surface area contributed by atoms with Crippen LogP contribution in [0.1, 0.15) is 33.1 Å². The van der Waals surface area contributed by atoms with E-state index in [1.807, 2.05) is 13.8 Å². The van der Waals surface area contributed by atoms with Crippen molar-refractivity contribution < 1.29 is 4.79 Å². The van der Waals surface area contributed by atoms with E-state index in [-0.39, 0.29) is 5.78 Å². The number of ketones is 1. The van der Waals surface area contributed by atoms with Gasteiger partial charge in [-0.2, -0.15) is 5.26 Å². The molecular weight excluding hydrogens is 126 g/mol. The summed E-state index contributed by atoms with van der Waals surface area (Å²) in [4.78, 5) is 10.6. The maximum absolute atomic E-state index is 10.6. The standard InChI is InChI=1S/C8H13NO/c1-3-7(4-2)5-8(10)6-9/h7H,3-5H2,1-2H3. The van der Waals surface area contributed by atoms with Crippen molar-refractivity contribution >= 4 is 5.78 Å². The van der Waals surface area contributed by atoms with Crippen LogP contribution < -0.4 is 0 Å². The topological polar surface area (TPSA) is 40.9 Å². The Labute approximate surface area is 61.8 Å². The molecule has 2 heteroatoms. The highest BCUT2D eigenvalue weighted by atomic mass is 16.1. The first-order valence-electron chi connectivity index (χ1n) is 3.67. The highest BCUT2D eigenvalue weighted by molar-refractivity contribution is 5.93. The number of carbonyl (C=O) groups excluding carboxylic acids is 1. The molecule has 0 rings (SSSR count). The molecule has 0 aromatic heterocycles. The van der Waals surface area contributed by atoms with Crippen LogP contribution >= 0.6 is 0 Å². The zero-order valence-corrected chi connectivity index (χ0v) is 6.55. The van der Waals surface area contributed by atoms with Crippen molar-refractivity contribution in [2.24, 2.45) is 5.92 Å². The summed E-state index contributed by atoms with van der Waals surface area (Å²) >= 11 is 0. The Hall–Kier alpha value is -0.840. The summed E-state index contributed by atoms with van der Waals surface area (Å²) in [6.45, 7) is 4.08. The molecule has 0 fully saturated rings. The number of Topliss-reactive ketones (excluding diaryl/α,β-unsaturated/α-hetero) is 1. The molecule has 0 bridgehead atoms. The number of hydrogen-bond donors (Lipinski definition) is 0. The number of nitrogens with zero attached hydrogens (tertiary/aromatic N) is 1. The molecule has 2 nitrogen and oxygen atoms in total. The fraction of sp³-hybridized carbons (Fsp3) is 0.750. The third-order valence-corrected chi connectivity index (χ3v) is 1.75. The molecule has 0 aliphatic rings. The van der Waals surface area contributed by atoms with Crippen molar-refractivity contribution in [1.29, 1.82) is 5.26 Å². The molecule has 10 heavy (non-hydrogen) atoms. The second kappa shape index (κ2) is 4.99. The van der Waals surface area contributed by atoms with Crippen LogP contribution in [0.5, 0.6) is 0 Å². The molecule has 0 aliphatic heterocycles. The number of hydrogen-bond acceptors (Lipinski definition) is 2. The summed E-state index contributed by atoms with van der Waals surface area (Å²) < 4.78 is 0. The molecule has 0 aliphatic carbocycles. The van der Waals surface area contributed by atoms with E-state index in [2.05, 4.69) is 0 Å². The lowest BCUT2D eigenvalue weighted by Gasteiger charge is -2.06. The van der Waals surface area contributed by atoms with Crippen molar-refractivity contribution in [2.75, 3.05) is 0 Å². The number of nitriles is 1. The lowest BCUT2D eigenvalue weighted by Crippen LogP contribution is -2.04. The van der Waals surface area contributed by atoms with E-state index in [9.17, 15) is 4.79 Å². The monoisotopic (exact) mass is 139 g/mol. The quantitative estimate of drug-likeness (QED) is 0.558. The van der Waals surface area contributed by atoms with Crippen molar-refractivity contribution in [3.05, 3.63) is 0 Å². The Morgan fingerprint density at radius 3 is 2.30 bits per heavy atom. The average molecular weight is 139 g/mol. The Morgan fingerprint density at radius 1 is 1.50 bits per heavy atom. The fourth-order valence-corrected chi connectivity index (χ4v) is 0.885. The van der Waals surface area contributed by atoms with Gasteiger partial charge >= 0.3 is 0 Å². The van der Waals surface area contributed by atoms with Crippen LogP contribution in [0.25, 0.3) is 0 Å². The van der Waals surface area contributed by atoms with Gasteiger partial charge < -0.3 is 0 Å². The first kappa shape index (κ1) is 9.16. The molecular formula is C8H13NO. The van der Waals surface area contributed by atoms with E-state index in [4.69, 9.17) is 5.26 Å². The second-order valence-corrected chi connectivity index (χ2v) is 2.42. The van der Waals surface area contributed by atoms with E-state index in [0.717, 1.165) is 12.8 Å². The van der Waals surface area contributed by atoms with Gasteiger partial charge in [0.05, 0.1) is 0 Å². The Morgan fingerprint density at radius 2 is 2.00 bits per heavy atom. The van der Waals surface area contributed by atoms with Gasteiger partial charge in [0, 0.05) is 6.42 Å². The van der Waals surface area contributed by atoms with Gasteiger partial charge in [0.2, 0.25) is 5.78 Å². The normalized spacial score (nSPS) is 9.40. The van der Waals surface area contributed by atoms with Crippen LogP contribution in [-0.4, -0.2) is 5.78 Å². The Balaban J connectivity index is 3.65. The van der Waals surface area contributed by atoms with E-state index in [1.165, 1.54) is 0 Å². The number of carbonyl (C=O) groups is 1. The van der Waals surface area contributed by atoms with Gasteiger partial charge in [-0.3, -0.25) is 4.79 Å². The van der Waals surface area contributed by atoms with Crippen LogP contribution in [0.2, 0.25) is 0 Å². The van der Waals surface area contributed by atoms with Gasteiger partial charge in [0.25, 0.3) is 0 Å². The summed E-state index contributed by atoms with van der Waals surface area (Å²) in [5.41, 5.74) is 0.